The van der Waals surface area contributed by atoms with Crippen molar-refractivity contribution < 1.29 is 23.4 Å². The molecular weight excluding hydrogens is 1070 g/mol. The second kappa shape index (κ2) is 28.6. The van der Waals surface area contributed by atoms with E-state index in [9.17, 15) is 14.4 Å². The molecule has 0 spiro atoms. The first-order chi connectivity index (χ1) is 40.9. The predicted molar refractivity (Wildman–Crippen MR) is 328 cm³/mol. The van der Waals surface area contributed by atoms with Gasteiger partial charge in [0.05, 0.1) is 63.0 Å². The van der Waals surface area contributed by atoms with Gasteiger partial charge < -0.3 is 25.8 Å². The van der Waals surface area contributed by atoms with E-state index in [1.807, 2.05) is 91.0 Å². The van der Waals surface area contributed by atoms with E-state index in [-0.39, 0.29) is 36.2 Å². The average molecular weight is 1130 g/mol. The topological polar surface area (TPSA) is 233 Å². The number of nitrogens with one attached hydrogen (secondary N) is 1. The lowest BCUT2D eigenvalue weighted by Crippen LogP contribution is -2.37. The zero-order chi connectivity index (χ0) is 61.2. The van der Waals surface area contributed by atoms with Crippen LogP contribution < -0.4 is 16.8 Å². The summed E-state index contributed by atoms with van der Waals surface area (Å²) in [4.78, 5) is 57.3. The highest BCUT2D eigenvalue weighted by Gasteiger charge is 2.26. The monoisotopic (exact) mass is 1130 g/mol. The van der Waals surface area contributed by atoms with Gasteiger partial charge in [0.2, 0.25) is 0 Å². The molecule has 426 valence electrons. The standard InChI is InChI=1S/3C14H11N.C8H11N5O.C8H9N3O2.C7H8N4O2/c3*1-11-5-3-6-12(9-11)13-7-4-8-14(10-13)15-2;1-12-7(14)5-3-11-13(2)6(5)4-10-8(12)9;1-5-9-4-7-6(3-10-13-7)8(12)11(5)2;1-11-6(12)4-3-13-10-5(4)2-9-7(11)8/h3*3-10H,1H3;3H,4H2,1-2H3,(H2,9,10);3,9H,1,4H2,2H3;3H,2H2,1H3,(H2,8,9). The number of aliphatic imine (C=N–C) groups is 2. The van der Waals surface area contributed by atoms with Crippen molar-refractivity contribution in [3.8, 4) is 33.4 Å². The van der Waals surface area contributed by atoms with Crippen LogP contribution in [0.4, 0.5) is 17.1 Å². The van der Waals surface area contributed by atoms with Crippen LogP contribution in [-0.4, -0.2) is 85.6 Å². The number of hydrogen-bond acceptors (Lipinski definition) is 13. The molecule has 5 N–H and O–H groups in total. The van der Waals surface area contributed by atoms with Crippen molar-refractivity contribution >= 4 is 46.7 Å². The minimum absolute atomic E-state index is 0.147. The van der Waals surface area contributed by atoms with Gasteiger partial charge in [0.1, 0.15) is 28.9 Å². The summed E-state index contributed by atoms with van der Waals surface area (Å²) in [6, 6.07) is 48.0. The number of fused-ring (bicyclic) bond motifs is 3. The van der Waals surface area contributed by atoms with Crippen molar-refractivity contribution in [1.29, 1.82) is 0 Å². The third kappa shape index (κ3) is 15.8. The fourth-order valence-electron chi connectivity index (χ4n) is 8.38. The number of aryl methyl sites for hydroxylation is 4. The lowest BCUT2D eigenvalue weighted by molar-refractivity contribution is 0.0830. The zero-order valence-electron chi connectivity index (χ0n) is 48.0. The van der Waals surface area contributed by atoms with E-state index in [1.165, 1.54) is 60.5 Å². The van der Waals surface area contributed by atoms with Crippen molar-refractivity contribution in [2.75, 3.05) is 21.1 Å². The first-order valence-corrected chi connectivity index (χ1v) is 26.3. The van der Waals surface area contributed by atoms with Gasteiger partial charge >= 0.3 is 0 Å². The number of rotatable bonds is 3. The molecule has 0 saturated heterocycles. The van der Waals surface area contributed by atoms with E-state index in [0.29, 0.717) is 64.1 Å². The summed E-state index contributed by atoms with van der Waals surface area (Å²) in [5, 5.41) is 14.2. The molecular formula is C65H61N15O5. The Hall–Kier alpha value is -11.7. The van der Waals surface area contributed by atoms with Crippen LogP contribution in [0.2, 0.25) is 0 Å². The second-order valence-corrected chi connectivity index (χ2v) is 19.3. The Labute approximate surface area is 493 Å². The maximum Gasteiger partial charge on any atom is 0.265 e. The Morgan fingerprint density at radius 3 is 1.40 bits per heavy atom. The Bertz CT molecular complexity index is 3860. The maximum absolute atomic E-state index is 11.8. The number of amides is 3. The van der Waals surface area contributed by atoms with Gasteiger partial charge in [-0.1, -0.05) is 161 Å². The molecule has 6 heterocycles. The summed E-state index contributed by atoms with van der Waals surface area (Å²) in [5.41, 5.74) is 26.5. The normalized spacial score (nSPS) is 12.8. The van der Waals surface area contributed by atoms with E-state index < -0.39 is 0 Å². The Morgan fingerprint density at radius 1 is 0.541 bits per heavy atom. The van der Waals surface area contributed by atoms with Crippen LogP contribution in [0.25, 0.3) is 47.9 Å². The summed E-state index contributed by atoms with van der Waals surface area (Å²) >= 11 is 0. The number of nitrogens with two attached hydrogens (primary N) is 2. The number of benzene rings is 6. The zero-order valence-corrected chi connectivity index (χ0v) is 48.0. The SMILES string of the molecule is C=C1NCc2oncc2C(=O)N1C.CN1C(=O)c2cnn(C)c2CN=C1N.CN1C(=O)c2conc2CN=C1N.[C-]#[N+]c1cccc(-c2cccc(C)c2)c1.[C-]#[N+]c1cccc(-c2cccc(C)c2)c1.[C-]#[N+]c1cccc(-c2cccc(C)c2)c1. The molecule has 0 radical (unpaired) electrons. The molecule has 3 aliphatic rings. The molecule has 3 aliphatic heterocycles. The van der Waals surface area contributed by atoms with E-state index in [0.717, 1.165) is 22.4 Å². The molecule has 0 atom stereocenters. The second-order valence-electron chi connectivity index (χ2n) is 19.3. The minimum Gasteiger partial charge on any atom is -0.369 e. The third-order valence-corrected chi connectivity index (χ3v) is 13.3. The van der Waals surface area contributed by atoms with Crippen LogP contribution in [0.1, 0.15) is 64.9 Å². The summed E-state index contributed by atoms with van der Waals surface area (Å²) in [7, 11) is 6.59. The fraction of sp³-hybridized carbons (Fsp3) is 0.154. The highest BCUT2D eigenvalue weighted by Crippen LogP contribution is 2.28. The quantitative estimate of drug-likeness (QED) is 0.141. The van der Waals surface area contributed by atoms with Gasteiger partial charge in [0.25, 0.3) is 17.7 Å². The fourth-order valence-corrected chi connectivity index (χ4v) is 8.38. The average Bonchev–Trinajstić information content (AvgIpc) is 4.40. The Morgan fingerprint density at radius 2 is 0.953 bits per heavy atom. The smallest absolute Gasteiger partial charge is 0.265 e. The molecule has 3 amide bonds. The molecule has 0 unspecified atom stereocenters. The molecule has 0 aliphatic carbocycles. The number of aromatic nitrogens is 4. The summed E-state index contributed by atoms with van der Waals surface area (Å²) < 4.78 is 11.2. The molecule has 20 nitrogen and oxygen atoms in total. The largest absolute Gasteiger partial charge is 0.369 e. The Balaban J connectivity index is 0.000000146. The molecule has 0 saturated carbocycles. The number of carbonyl (C=O) groups excluding carboxylic acids is 3. The van der Waals surface area contributed by atoms with Crippen LogP contribution in [-0.2, 0) is 26.7 Å². The highest BCUT2D eigenvalue weighted by molar-refractivity contribution is 6.07. The summed E-state index contributed by atoms with van der Waals surface area (Å²) in [6.07, 6.45) is 4.28. The highest BCUT2D eigenvalue weighted by atomic mass is 16.5. The van der Waals surface area contributed by atoms with Crippen LogP contribution in [0.15, 0.2) is 196 Å². The number of guanidine groups is 2. The minimum atomic E-state index is -0.241. The van der Waals surface area contributed by atoms with E-state index >= 15 is 0 Å². The van der Waals surface area contributed by atoms with Crippen molar-refractivity contribution in [1.82, 2.24) is 40.1 Å². The molecule has 0 fully saturated rings. The van der Waals surface area contributed by atoms with E-state index in [1.54, 1.807) is 39.1 Å². The molecule has 85 heavy (non-hydrogen) atoms. The van der Waals surface area contributed by atoms with Gasteiger partial charge in [-0.3, -0.25) is 33.8 Å². The molecule has 3 aromatic heterocycles. The van der Waals surface area contributed by atoms with Crippen molar-refractivity contribution in [3.05, 3.63) is 261 Å². The van der Waals surface area contributed by atoms with Crippen molar-refractivity contribution in [2.45, 2.75) is 40.4 Å². The first-order valence-electron chi connectivity index (χ1n) is 26.3. The van der Waals surface area contributed by atoms with E-state index in [4.69, 9.17) is 35.7 Å². The van der Waals surface area contributed by atoms with Gasteiger partial charge in [-0.2, -0.15) is 5.10 Å². The maximum atomic E-state index is 11.8. The van der Waals surface area contributed by atoms with Gasteiger partial charge in [0, 0.05) is 28.2 Å². The van der Waals surface area contributed by atoms with E-state index in [2.05, 4.69) is 132 Å². The molecule has 6 aromatic carbocycles. The van der Waals surface area contributed by atoms with Crippen molar-refractivity contribution in [3.63, 3.8) is 0 Å². The van der Waals surface area contributed by atoms with Crippen LogP contribution in [0.3, 0.4) is 0 Å². The van der Waals surface area contributed by atoms with Gasteiger partial charge in [-0.25, -0.2) is 24.5 Å². The predicted octanol–water partition coefficient (Wildman–Crippen LogP) is 11.9. The lowest BCUT2D eigenvalue weighted by atomic mass is 10.0. The van der Waals surface area contributed by atoms with Gasteiger partial charge in [-0.15, -0.1) is 0 Å². The number of carbonyl (C=O) groups is 3. The van der Waals surface area contributed by atoms with Gasteiger partial charge in [-0.05, 0) is 72.4 Å². The molecule has 0 bridgehead atoms. The number of nitrogens with zero attached hydrogens (tertiary/aromatic N) is 12. The Kier molecular flexibility index (Phi) is 20.5. The third-order valence-electron chi connectivity index (χ3n) is 13.3. The van der Waals surface area contributed by atoms with Crippen LogP contribution in [0.5, 0.6) is 0 Å². The molecule has 9 aromatic rings. The summed E-state index contributed by atoms with van der Waals surface area (Å²) in [5.74, 6) is 1.01. The van der Waals surface area contributed by atoms with Gasteiger partial charge in [0.15, 0.2) is 34.7 Å². The lowest BCUT2D eigenvalue weighted by Gasteiger charge is -2.16. The number of hydrogen-bond donors (Lipinski definition) is 3. The van der Waals surface area contributed by atoms with Crippen LogP contribution >= 0.6 is 0 Å². The summed E-state index contributed by atoms with van der Waals surface area (Å²) in [6.45, 7) is 32.0. The molecule has 12 rings (SSSR count). The van der Waals surface area contributed by atoms with Crippen LogP contribution in [0, 0.1) is 40.5 Å². The molecule has 20 heteroatoms. The first kappa shape index (κ1) is 60.9. The van der Waals surface area contributed by atoms with Crippen molar-refractivity contribution in [2.24, 2.45) is 28.5 Å².